The van der Waals surface area contributed by atoms with E-state index in [1.807, 2.05) is 0 Å². The molecule has 1 aromatic carbocycles. The molecule has 0 aliphatic heterocycles. The van der Waals surface area contributed by atoms with Gasteiger partial charge in [0.15, 0.2) is 5.82 Å². The zero-order chi connectivity index (χ0) is 15.6. The standard InChI is InChI=1S/C11H9Br2FN4O2S/c12-6-3-10(11(17-15)16-5-6)21(19,20)18-9-2-1-7(14)4-8(9)13/h1-5,18H,15H2,(H,16,17). The molecule has 2 aromatic rings. The van der Waals surface area contributed by atoms with Crippen LogP contribution in [0.5, 0.6) is 0 Å². The third-order valence-electron chi connectivity index (χ3n) is 2.42. The summed E-state index contributed by atoms with van der Waals surface area (Å²) in [6.07, 6.45) is 1.40. The van der Waals surface area contributed by atoms with Crippen molar-refractivity contribution in [2.45, 2.75) is 4.90 Å². The van der Waals surface area contributed by atoms with Crippen molar-refractivity contribution in [2.75, 3.05) is 10.1 Å². The van der Waals surface area contributed by atoms with Gasteiger partial charge in [-0.25, -0.2) is 23.6 Å². The molecule has 10 heteroatoms. The van der Waals surface area contributed by atoms with Crippen molar-refractivity contribution in [1.29, 1.82) is 0 Å². The van der Waals surface area contributed by atoms with Gasteiger partial charge >= 0.3 is 0 Å². The minimum Gasteiger partial charge on any atom is -0.307 e. The molecule has 112 valence electrons. The minimum absolute atomic E-state index is 0.0102. The average molecular weight is 440 g/mol. The van der Waals surface area contributed by atoms with Gasteiger partial charge in [-0.05, 0) is 56.1 Å². The van der Waals surface area contributed by atoms with E-state index in [2.05, 4.69) is 47.0 Å². The summed E-state index contributed by atoms with van der Waals surface area (Å²) in [5, 5.41) is 0. The highest BCUT2D eigenvalue weighted by molar-refractivity contribution is 9.10. The maximum Gasteiger partial charge on any atom is 0.265 e. The van der Waals surface area contributed by atoms with Crippen LogP contribution >= 0.6 is 31.9 Å². The molecule has 0 aliphatic carbocycles. The molecule has 0 saturated carbocycles. The van der Waals surface area contributed by atoms with Crippen molar-refractivity contribution in [1.82, 2.24) is 4.98 Å². The van der Waals surface area contributed by atoms with Gasteiger partial charge < -0.3 is 5.43 Å². The fourth-order valence-corrected chi connectivity index (χ4v) is 3.80. The van der Waals surface area contributed by atoms with Crippen LogP contribution in [0, 0.1) is 5.82 Å². The first-order valence-electron chi connectivity index (χ1n) is 5.43. The van der Waals surface area contributed by atoms with E-state index < -0.39 is 15.8 Å². The van der Waals surface area contributed by atoms with Crippen molar-refractivity contribution in [3.05, 3.63) is 45.2 Å². The molecule has 0 bridgehead atoms. The highest BCUT2D eigenvalue weighted by atomic mass is 79.9. The van der Waals surface area contributed by atoms with Crippen LogP contribution in [-0.2, 0) is 10.0 Å². The number of sulfonamides is 1. The number of hydrogen-bond donors (Lipinski definition) is 3. The molecule has 0 spiro atoms. The smallest absolute Gasteiger partial charge is 0.265 e. The van der Waals surface area contributed by atoms with E-state index in [-0.39, 0.29) is 20.9 Å². The number of nitrogens with two attached hydrogens (primary N) is 1. The van der Waals surface area contributed by atoms with Crippen LogP contribution < -0.4 is 16.0 Å². The van der Waals surface area contributed by atoms with E-state index >= 15 is 0 Å². The van der Waals surface area contributed by atoms with E-state index in [1.165, 1.54) is 18.3 Å². The number of nitrogens with one attached hydrogen (secondary N) is 2. The van der Waals surface area contributed by atoms with Crippen molar-refractivity contribution < 1.29 is 12.8 Å². The molecule has 0 fully saturated rings. The molecule has 0 unspecified atom stereocenters. The second-order valence-electron chi connectivity index (χ2n) is 3.87. The Hall–Kier alpha value is -1.23. The second kappa shape index (κ2) is 6.26. The summed E-state index contributed by atoms with van der Waals surface area (Å²) < 4.78 is 40.9. The Morgan fingerprint density at radius 2 is 1.95 bits per heavy atom. The lowest BCUT2D eigenvalue weighted by atomic mass is 10.3. The van der Waals surface area contributed by atoms with Crippen LogP contribution in [0.25, 0.3) is 0 Å². The fourth-order valence-electron chi connectivity index (χ4n) is 1.51. The van der Waals surface area contributed by atoms with Gasteiger partial charge in [0.2, 0.25) is 0 Å². The molecule has 1 heterocycles. The van der Waals surface area contributed by atoms with Crippen molar-refractivity contribution in [3.63, 3.8) is 0 Å². The van der Waals surface area contributed by atoms with E-state index in [4.69, 9.17) is 5.84 Å². The van der Waals surface area contributed by atoms with E-state index in [1.54, 1.807) is 0 Å². The molecule has 4 N–H and O–H groups in total. The van der Waals surface area contributed by atoms with Crippen LogP contribution in [0.2, 0.25) is 0 Å². The lowest BCUT2D eigenvalue weighted by molar-refractivity contribution is 0.600. The monoisotopic (exact) mass is 438 g/mol. The summed E-state index contributed by atoms with van der Waals surface area (Å²) in [5.74, 6) is 4.76. The first kappa shape index (κ1) is 16.1. The average Bonchev–Trinajstić information content (AvgIpc) is 2.42. The number of benzene rings is 1. The lowest BCUT2D eigenvalue weighted by Crippen LogP contribution is -2.19. The molecule has 0 amide bonds. The van der Waals surface area contributed by atoms with Crippen LogP contribution in [0.4, 0.5) is 15.9 Å². The van der Waals surface area contributed by atoms with Gasteiger partial charge in [-0.15, -0.1) is 0 Å². The molecule has 21 heavy (non-hydrogen) atoms. The van der Waals surface area contributed by atoms with Crippen molar-refractivity contribution in [3.8, 4) is 0 Å². The van der Waals surface area contributed by atoms with Crippen molar-refractivity contribution >= 4 is 53.4 Å². The van der Waals surface area contributed by atoms with Gasteiger partial charge in [0.1, 0.15) is 10.7 Å². The fraction of sp³-hybridized carbons (Fsp3) is 0. The maximum absolute atomic E-state index is 13.0. The van der Waals surface area contributed by atoms with E-state index in [0.717, 1.165) is 12.1 Å². The number of hydrogen-bond acceptors (Lipinski definition) is 5. The first-order valence-corrected chi connectivity index (χ1v) is 8.50. The second-order valence-corrected chi connectivity index (χ2v) is 7.30. The molecular formula is C11H9Br2FN4O2S. The predicted octanol–water partition coefficient (Wildman–Crippen LogP) is 2.83. The number of nitrogens with zero attached hydrogens (tertiary/aromatic N) is 1. The number of halogens is 3. The molecule has 0 saturated heterocycles. The summed E-state index contributed by atoms with van der Waals surface area (Å²) in [7, 11) is -3.95. The molecule has 6 nitrogen and oxygen atoms in total. The van der Waals surface area contributed by atoms with Crippen molar-refractivity contribution in [2.24, 2.45) is 5.84 Å². The molecule has 0 radical (unpaired) electrons. The van der Waals surface area contributed by atoms with Gasteiger partial charge in [-0.2, -0.15) is 0 Å². The van der Waals surface area contributed by atoms with E-state index in [9.17, 15) is 12.8 Å². The largest absolute Gasteiger partial charge is 0.307 e. The van der Waals surface area contributed by atoms with Gasteiger partial charge in [-0.1, -0.05) is 0 Å². The Morgan fingerprint density at radius 3 is 2.57 bits per heavy atom. The van der Waals surface area contributed by atoms with Gasteiger partial charge in [0.25, 0.3) is 10.0 Å². The van der Waals surface area contributed by atoms with Gasteiger partial charge in [-0.3, -0.25) is 4.72 Å². The van der Waals surface area contributed by atoms with E-state index in [0.29, 0.717) is 4.47 Å². The third kappa shape index (κ3) is 3.70. The van der Waals surface area contributed by atoms with Gasteiger partial charge in [0.05, 0.1) is 5.69 Å². The Bertz CT molecular complexity index is 786. The first-order chi connectivity index (χ1) is 9.83. The number of hydrazine groups is 1. The quantitative estimate of drug-likeness (QED) is 0.502. The molecule has 0 aliphatic rings. The van der Waals surface area contributed by atoms with Crippen LogP contribution in [0.15, 0.2) is 44.3 Å². The number of aromatic nitrogens is 1. The summed E-state index contributed by atoms with van der Waals surface area (Å²) in [4.78, 5) is 3.72. The highest BCUT2D eigenvalue weighted by Gasteiger charge is 2.21. The molecule has 0 atom stereocenters. The molecule has 1 aromatic heterocycles. The Labute approximate surface area is 137 Å². The van der Waals surface area contributed by atoms with Crippen LogP contribution in [-0.4, -0.2) is 13.4 Å². The molecular weight excluding hydrogens is 431 g/mol. The Morgan fingerprint density at radius 1 is 1.24 bits per heavy atom. The zero-order valence-electron chi connectivity index (χ0n) is 10.3. The summed E-state index contributed by atoms with van der Waals surface area (Å²) >= 11 is 6.24. The molecule has 2 rings (SSSR count). The third-order valence-corrected chi connectivity index (χ3v) is 4.89. The van der Waals surface area contributed by atoms with Gasteiger partial charge in [0, 0.05) is 15.1 Å². The Kier molecular flexibility index (Phi) is 4.81. The minimum atomic E-state index is -3.95. The number of anilines is 2. The summed E-state index contributed by atoms with van der Waals surface area (Å²) in [6, 6.07) is 4.95. The lowest BCUT2D eigenvalue weighted by Gasteiger charge is -2.12. The van der Waals surface area contributed by atoms with Crippen LogP contribution in [0.1, 0.15) is 0 Å². The van der Waals surface area contributed by atoms with Crippen LogP contribution in [0.3, 0.4) is 0 Å². The SMILES string of the molecule is NNc1ncc(Br)cc1S(=O)(=O)Nc1ccc(F)cc1Br. The topological polar surface area (TPSA) is 97.1 Å². The highest BCUT2D eigenvalue weighted by Crippen LogP contribution is 2.28. The normalized spacial score (nSPS) is 11.2. The summed E-state index contributed by atoms with van der Waals surface area (Å²) in [5.41, 5.74) is 2.41. The summed E-state index contributed by atoms with van der Waals surface area (Å²) in [6.45, 7) is 0. The number of rotatable bonds is 4. The zero-order valence-corrected chi connectivity index (χ0v) is 14.3. The number of nitrogen functional groups attached to an aromatic ring is 1. The number of pyridine rings is 1. The predicted molar refractivity (Wildman–Crippen MR) is 84.7 cm³/mol. The maximum atomic E-state index is 13.0. The Balaban J connectivity index is 2.45.